The molecule has 0 aromatic rings. The highest BCUT2D eigenvalue weighted by atomic mass is 16.5. The second kappa shape index (κ2) is 7.60. The fourth-order valence-electron chi connectivity index (χ4n) is 3.12. The lowest BCUT2D eigenvalue weighted by Gasteiger charge is -2.25. The number of fused-ring (bicyclic) bond motifs is 1. The van der Waals surface area contributed by atoms with Gasteiger partial charge in [0.25, 0.3) is 0 Å². The van der Waals surface area contributed by atoms with Crippen LogP contribution in [0, 0.1) is 17.8 Å². The van der Waals surface area contributed by atoms with Gasteiger partial charge < -0.3 is 9.47 Å². The van der Waals surface area contributed by atoms with Gasteiger partial charge in [-0.15, -0.1) is 0 Å². The lowest BCUT2D eigenvalue weighted by molar-refractivity contribution is -0.137. The number of hydrogen-bond acceptors (Lipinski definition) is 3. The molecule has 0 amide bonds. The van der Waals surface area contributed by atoms with Gasteiger partial charge in [-0.1, -0.05) is 38.5 Å². The van der Waals surface area contributed by atoms with E-state index in [2.05, 4.69) is 32.1 Å². The molecule has 3 atom stereocenters. The van der Waals surface area contributed by atoms with Gasteiger partial charge in [0.2, 0.25) is 0 Å². The number of carbonyl (C=O) groups excluding carboxylic acids is 1. The number of hydrogen-bond donors (Lipinski definition) is 0. The van der Waals surface area contributed by atoms with Crippen molar-refractivity contribution in [1.29, 1.82) is 0 Å². The quantitative estimate of drug-likeness (QED) is 0.450. The van der Waals surface area contributed by atoms with Crippen LogP contribution in [0.25, 0.3) is 0 Å². The molecule has 0 saturated carbocycles. The average Bonchev–Trinajstić information content (AvgIpc) is 2.87. The third kappa shape index (κ3) is 4.07. The van der Waals surface area contributed by atoms with E-state index in [0.717, 1.165) is 25.0 Å². The van der Waals surface area contributed by atoms with Crippen molar-refractivity contribution in [2.75, 3.05) is 19.8 Å². The van der Waals surface area contributed by atoms with E-state index in [9.17, 15) is 4.79 Å². The zero-order chi connectivity index (χ0) is 15.2. The Morgan fingerprint density at radius 1 is 1.43 bits per heavy atom. The first-order valence-corrected chi connectivity index (χ1v) is 8.00. The molecule has 3 heteroatoms. The predicted octanol–water partition coefficient (Wildman–Crippen LogP) is 3.67. The summed E-state index contributed by atoms with van der Waals surface area (Å²) in [6.07, 6.45) is 10.6. The molecule has 1 heterocycles. The van der Waals surface area contributed by atoms with Crippen molar-refractivity contribution in [3.8, 4) is 0 Å². The van der Waals surface area contributed by atoms with Crippen molar-refractivity contribution in [2.45, 2.75) is 33.6 Å². The fraction of sp³-hybridized carbons (Fsp3) is 0.611. The molecule has 21 heavy (non-hydrogen) atoms. The van der Waals surface area contributed by atoms with E-state index < -0.39 is 0 Å². The van der Waals surface area contributed by atoms with Crippen LogP contribution in [0.2, 0.25) is 0 Å². The van der Waals surface area contributed by atoms with Gasteiger partial charge in [0, 0.05) is 12.0 Å². The lowest BCUT2D eigenvalue weighted by Crippen LogP contribution is -2.17. The van der Waals surface area contributed by atoms with Crippen LogP contribution in [0.4, 0.5) is 0 Å². The first-order chi connectivity index (χ1) is 10.2. The predicted molar refractivity (Wildman–Crippen MR) is 83.8 cm³/mol. The highest BCUT2D eigenvalue weighted by Gasteiger charge is 2.26. The lowest BCUT2D eigenvalue weighted by atomic mass is 9.79. The van der Waals surface area contributed by atoms with Crippen LogP contribution >= 0.6 is 0 Å². The van der Waals surface area contributed by atoms with Gasteiger partial charge in [0.1, 0.15) is 0 Å². The Kier molecular flexibility index (Phi) is 5.80. The molecule has 0 radical (unpaired) electrons. The van der Waals surface area contributed by atoms with Crippen LogP contribution in [0.15, 0.2) is 35.5 Å². The Morgan fingerprint density at radius 3 is 2.95 bits per heavy atom. The Bertz CT molecular complexity index is 459. The minimum atomic E-state index is -0.238. The molecule has 2 aliphatic rings. The van der Waals surface area contributed by atoms with Crippen LogP contribution in [0.3, 0.4) is 0 Å². The maximum atomic E-state index is 11.9. The second-order valence-corrected chi connectivity index (χ2v) is 5.88. The highest BCUT2D eigenvalue weighted by molar-refractivity contribution is 5.83. The molecule has 0 spiro atoms. The molecule has 2 rings (SSSR count). The SMILES string of the molecule is CCCC1C(=C\C(=O)OCC)/C=C2/COCC2/C=C\C1C. The number of carbonyl (C=O) groups is 1. The van der Waals surface area contributed by atoms with Crippen LogP contribution in [0.1, 0.15) is 33.6 Å². The zero-order valence-corrected chi connectivity index (χ0v) is 13.3. The van der Waals surface area contributed by atoms with Crippen molar-refractivity contribution in [1.82, 2.24) is 0 Å². The van der Waals surface area contributed by atoms with E-state index in [1.54, 1.807) is 6.08 Å². The molecule has 0 aromatic carbocycles. The summed E-state index contributed by atoms with van der Waals surface area (Å²) in [5.74, 6) is 0.909. The van der Waals surface area contributed by atoms with E-state index in [0.29, 0.717) is 31.0 Å². The summed E-state index contributed by atoms with van der Waals surface area (Å²) >= 11 is 0. The minimum Gasteiger partial charge on any atom is -0.463 e. The summed E-state index contributed by atoms with van der Waals surface area (Å²) in [4.78, 5) is 11.9. The standard InChI is InChI=1S/C18H26O3/c1-4-6-17-13(3)7-8-14-11-20-12-16(14)9-15(17)10-18(19)21-5-2/h7-10,13-14,17H,4-6,11-12H2,1-3H3/b8-7-,15-10-,16-9-. The van der Waals surface area contributed by atoms with Crippen molar-refractivity contribution in [2.24, 2.45) is 17.8 Å². The summed E-state index contributed by atoms with van der Waals surface area (Å²) in [7, 11) is 0. The summed E-state index contributed by atoms with van der Waals surface area (Å²) in [6, 6.07) is 0. The molecule has 3 unspecified atom stereocenters. The summed E-state index contributed by atoms with van der Waals surface area (Å²) < 4.78 is 10.7. The molecular formula is C18H26O3. The molecule has 0 N–H and O–H groups in total. The van der Waals surface area contributed by atoms with Gasteiger partial charge in [-0.3, -0.25) is 0 Å². The summed E-state index contributed by atoms with van der Waals surface area (Å²) in [5, 5.41) is 0. The van der Waals surface area contributed by atoms with Gasteiger partial charge in [-0.05, 0) is 36.3 Å². The molecule has 116 valence electrons. The smallest absolute Gasteiger partial charge is 0.331 e. The molecule has 0 bridgehead atoms. The summed E-state index contributed by atoms with van der Waals surface area (Å²) in [6.45, 7) is 8.08. The van der Waals surface area contributed by atoms with Gasteiger partial charge in [0.15, 0.2) is 0 Å². The number of ether oxygens (including phenoxy) is 2. The van der Waals surface area contributed by atoms with Gasteiger partial charge in [-0.2, -0.15) is 0 Å². The largest absolute Gasteiger partial charge is 0.463 e. The van der Waals surface area contributed by atoms with E-state index in [1.165, 1.54) is 5.57 Å². The molecule has 1 aliphatic heterocycles. The Hall–Kier alpha value is -1.35. The third-order valence-corrected chi connectivity index (χ3v) is 4.28. The van der Waals surface area contributed by atoms with Gasteiger partial charge >= 0.3 is 5.97 Å². The van der Waals surface area contributed by atoms with Crippen LogP contribution in [-0.2, 0) is 14.3 Å². The molecule has 1 fully saturated rings. The Labute approximate surface area is 127 Å². The molecule has 3 nitrogen and oxygen atoms in total. The van der Waals surface area contributed by atoms with Crippen LogP contribution in [0.5, 0.6) is 0 Å². The van der Waals surface area contributed by atoms with Crippen molar-refractivity contribution in [3.05, 3.63) is 35.5 Å². The normalized spacial score (nSPS) is 34.5. The number of allylic oxidation sites excluding steroid dienone is 3. The molecule has 1 saturated heterocycles. The summed E-state index contributed by atoms with van der Waals surface area (Å²) in [5.41, 5.74) is 2.37. The maximum Gasteiger partial charge on any atom is 0.331 e. The van der Waals surface area contributed by atoms with Gasteiger partial charge in [-0.25, -0.2) is 4.79 Å². The first-order valence-electron chi connectivity index (χ1n) is 8.00. The van der Waals surface area contributed by atoms with E-state index in [1.807, 2.05) is 6.92 Å². The van der Waals surface area contributed by atoms with Gasteiger partial charge in [0.05, 0.1) is 19.8 Å². The van der Waals surface area contributed by atoms with E-state index in [-0.39, 0.29) is 5.97 Å². The minimum absolute atomic E-state index is 0.238. The van der Waals surface area contributed by atoms with Crippen molar-refractivity contribution in [3.63, 3.8) is 0 Å². The van der Waals surface area contributed by atoms with Crippen LogP contribution < -0.4 is 0 Å². The molecule has 1 aliphatic carbocycles. The third-order valence-electron chi connectivity index (χ3n) is 4.28. The molecular weight excluding hydrogens is 264 g/mol. The maximum absolute atomic E-state index is 11.9. The Balaban J connectivity index is 2.34. The van der Waals surface area contributed by atoms with Crippen molar-refractivity contribution >= 4 is 5.97 Å². The fourth-order valence-corrected chi connectivity index (χ4v) is 3.12. The molecule has 0 aromatic heterocycles. The zero-order valence-electron chi connectivity index (χ0n) is 13.3. The van der Waals surface area contributed by atoms with E-state index >= 15 is 0 Å². The van der Waals surface area contributed by atoms with E-state index in [4.69, 9.17) is 9.47 Å². The topological polar surface area (TPSA) is 35.5 Å². The van der Waals surface area contributed by atoms with Crippen molar-refractivity contribution < 1.29 is 14.3 Å². The first kappa shape index (κ1) is 16.0. The number of esters is 1. The second-order valence-electron chi connectivity index (χ2n) is 5.88. The average molecular weight is 290 g/mol. The monoisotopic (exact) mass is 290 g/mol. The number of rotatable bonds is 4. The van der Waals surface area contributed by atoms with Crippen LogP contribution in [-0.4, -0.2) is 25.8 Å². The highest BCUT2D eigenvalue weighted by Crippen LogP contribution is 2.34. The Morgan fingerprint density at radius 2 is 2.24 bits per heavy atom.